The minimum absolute atomic E-state index is 0.00743. The number of carbonyl (C=O) groups is 2. The SMILES string of the molecule is COc1ccc(C(=O)N2CCCC2)cc1NC(=O)N[C@@H]1CCC[C@@H]1C. The maximum atomic E-state index is 12.6. The number of urea groups is 1. The number of likely N-dealkylation sites (tertiary alicyclic amines) is 1. The van der Waals surface area contributed by atoms with E-state index in [1.807, 2.05) is 4.90 Å². The highest BCUT2D eigenvalue weighted by molar-refractivity contribution is 5.98. The highest BCUT2D eigenvalue weighted by Crippen LogP contribution is 2.28. The summed E-state index contributed by atoms with van der Waals surface area (Å²) in [5.41, 5.74) is 1.10. The Morgan fingerprint density at radius 2 is 1.92 bits per heavy atom. The predicted octanol–water partition coefficient (Wildman–Crippen LogP) is 3.24. The first kappa shape index (κ1) is 17.6. The third kappa shape index (κ3) is 4.06. The molecule has 2 fully saturated rings. The molecule has 6 heteroatoms. The molecule has 1 heterocycles. The van der Waals surface area contributed by atoms with E-state index in [-0.39, 0.29) is 18.0 Å². The fourth-order valence-electron chi connectivity index (χ4n) is 3.73. The van der Waals surface area contributed by atoms with Crippen LogP contribution in [0.5, 0.6) is 5.75 Å². The molecule has 3 amide bonds. The minimum atomic E-state index is -0.247. The Balaban J connectivity index is 1.71. The average molecular weight is 345 g/mol. The van der Waals surface area contributed by atoms with Crippen molar-refractivity contribution in [1.29, 1.82) is 0 Å². The van der Waals surface area contributed by atoms with Crippen molar-refractivity contribution in [1.82, 2.24) is 10.2 Å². The lowest BCUT2D eigenvalue weighted by atomic mass is 10.1. The topological polar surface area (TPSA) is 70.7 Å². The number of nitrogens with zero attached hydrogens (tertiary/aromatic N) is 1. The minimum Gasteiger partial charge on any atom is -0.495 e. The third-order valence-electron chi connectivity index (χ3n) is 5.27. The molecule has 6 nitrogen and oxygen atoms in total. The van der Waals surface area contributed by atoms with Crippen LogP contribution in [-0.4, -0.2) is 43.1 Å². The van der Waals surface area contributed by atoms with Gasteiger partial charge in [-0.25, -0.2) is 4.79 Å². The van der Waals surface area contributed by atoms with Crippen LogP contribution in [-0.2, 0) is 0 Å². The smallest absolute Gasteiger partial charge is 0.319 e. The second-order valence-corrected chi connectivity index (χ2v) is 7.03. The van der Waals surface area contributed by atoms with E-state index in [0.29, 0.717) is 22.9 Å². The van der Waals surface area contributed by atoms with Gasteiger partial charge in [0.2, 0.25) is 0 Å². The highest BCUT2D eigenvalue weighted by Gasteiger charge is 2.25. The molecular formula is C19H27N3O3. The number of ether oxygens (including phenoxy) is 1. The van der Waals surface area contributed by atoms with Gasteiger partial charge in [-0.15, -0.1) is 0 Å². The maximum Gasteiger partial charge on any atom is 0.319 e. The summed E-state index contributed by atoms with van der Waals surface area (Å²) in [6.45, 7) is 3.76. The second kappa shape index (κ2) is 7.76. The molecule has 2 atom stereocenters. The average Bonchev–Trinajstić information content (AvgIpc) is 3.27. The normalized spacial score (nSPS) is 22.7. The number of amides is 3. The first-order valence-electron chi connectivity index (χ1n) is 9.13. The fraction of sp³-hybridized carbons (Fsp3) is 0.579. The van der Waals surface area contributed by atoms with Crippen molar-refractivity contribution in [2.75, 3.05) is 25.5 Å². The number of rotatable bonds is 4. The lowest BCUT2D eigenvalue weighted by Gasteiger charge is -2.19. The van der Waals surface area contributed by atoms with Crippen LogP contribution in [0.3, 0.4) is 0 Å². The monoisotopic (exact) mass is 345 g/mol. The van der Waals surface area contributed by atoms with Gasteiger partial charge in [0.25, 0.3) is 5.91 Å². The zero-order valence-electron chi connectivity index (χ0n) is 15.0. The molecule has 0 unspecified atom stereocenters. The molecule has 0 spiro atoms. The summed E-state index contributed by atoms with van der Waals surface area (Å²) in [5.74, 6) is 1.05. The van der Waals surface area contributed by atoms with E-state index in [0.717, 1.165) is 45.2 Å². The van der Waals surface area contributed by atoms with E-state index in [9.17, 15) is 9.59 Å². The summed E-state index contributed by atoms with van der Waals surface area (Å²) in [6.07, 6.45) is 5.41. The van der Waals surface area contributed by atoms with Crippen molar-refractivity contribution < 1.29 is 14.3 Å². The van der Waals surface area contributed by atoms with Crippen LogP contribution >= 0.6 is 0 Å². The first-order chi connectivity index (χ1) is 12.1. The highest BCUT2D eigenvalue weighted by atomic mass is 16.5. The lowest BCUT2D eigenvalue weighted by Crippen LogP contribution is -2.39. The number of hydrogen-bond donors (Lipinski definition) is 2. The Bertz CT molecular complexity index is 641. The van der Waals surface area contributed by atoms with Gasteiger partial charge < -0.3 is 20.3 Å². The largest absolute Gasteiger partial charge is 0.495 e. The number of nitrogens with one attached hydrogen (secondary N) is 2. The summed E-state index contributed by atoms with van der Waals surface area (Å²) >= 11 is 0. The van der Waals surface area contributed by atoms with Crippen LogP contribution in [0.25, 0.3) is 0 Å². The van der Waals surface area contributed by atoms with E-state index in [1.165, 1.54) is 0 Å². The molecule has 0 radical (unpaired) electrons. The lowest BCUT2D eigenvalue weighted by molar-refractivity contribution is 0.0793. The summed E-state index contributed by atoms with van der Waals surface area (Å²) in [7, 11) is 1.55. The molecule has 1 aliphatic heterocycles. The van der Waals surface area contributed by atoms with Crippen molar-refractivity contribution in [2.45, 2.75) is 45.1 Å². The summed E-state index contributed by atoms with van der Waals surface area (Å²) in [4.78, 5) is 26.8. The molecule has 1 saturated heterocycles. The molecule has 2 N–H and O–H groups in total. The molecular weight excluding hydrogens is 318 g/mol. The number of methoxy groups -OCH3 is 1. The first-order valence-corrected chi connectivity index (χ1v) is 9.13. The van der Waals surface area contributed by atoms with Crippen LogP contribution in [0.1, 0.15) is 49.4 Å². The van der Waals surface area contributed by atoms with Gasteiger partial charge in [0.15, 0.2) is 0 Å². The fourth-order valence-corrected chi connectivity index (χ4v) is 3.73. The van der Waals surface area contributed by atoms with Gasteiger partial charge in [0.05, 0.1) is 12.8 Å². The summed E-state index contributed by atoms with van der Waals surface area (Å²) in [6, 6.07) is 5.15. The van der Waals surface area contributed by atoms with Crippen LogP contribution in [0, 0.1) is 5.92 Å². The van der Waals surface area contributed by atoms with E-state index >= 15 is 0 Å². The molecule has 136 valence electrons. The number of hydrogen-bond acceptors (Lipinski definition) is 3. The maximum absolute atomic E-state index is 12.6. The molecule has 0 aromatic heterocycles. The number of benzene rings is 1. The Morgan fingerprint density at radius 1 is 1.16 bits per heavy atom. The molecule has 1 aromatic rings. The Kier molecular flexibility index (Phi) is 5.46. The molecule has 1 saturated carbocycles. The van der Waals surface area contributed by atoms with Gasteiger partial charge >= 0.3 is 6.03 Å². The van der Waals surface area contributed by atoms with E-state index in [4.69, 9.17) is 4.74 Å². The molecule has 3 rings (SSSR count). The van der Waals surface area contributed by atoms with Gasteiger partial charge in [0, 0.05) is 24.7 Å². The van der Waals surface area contributed by atoms with Crippen LogP contribution in [0.4, 0.5) is 10.5 Å². The standard InChI is InChI=1S/C19H27N3O3/c1-13-6-5-7-15(13)20-19(24)21-16-12-14(8-9-17(16)25-2)18(23)22-10-3-4-11-22/h8-9,12-13,15H,3-7,10-11H2,1-2H3,(H2,20,21,24)/t13-,15+/m0/s1. The van der Waals surface area contributed by atoms with Crippen molar-refractivity contribution in [2.24, 2.45) is 5.92 Å². The third-order valence-corrected chi connectivity index (χ3v) is 5.27. The van der Waals surface area contributed by atoms with Crippen LogP contribution in [0.15, 0.2) is 18.2 Å². The van der Waals surface area contributed by atoms with Gasteiger partial charge in [-0.05, 0) is 49.8 Å². The molecule has 1 aliphatic carbocycles. The van der Waals surface area contributed by atoms with E-state index in [2.05, 4.69) is 17.6 Å². The zero-order chi connectivity index (χ0) is 17.8. The van der Waals surface area contributed by atoms with Crippen molar-refractivity contribution in [3.8, 4) is 5.75 Å². The Labute approximate surface area is 148 Å². The Hall–Kier alpha value is -2.24. The zero-order valence-corrected chi connectivity index (χ0v) is 15.0. The molecule has 1 aromatic carbocycles. The second-order valence-electron chi connectivity index (χ2n) is 7.03. The van der Waals surface area contributed by atoms with Crippen molar-refractivity contribution in [3.63, 3.8) is 0 Å². The quantitative estimate of drug-likeness (QED) is 0.880. The molecule has 2 aliphatic rings. The van der Waals surface area contributed by atoms with Crippen molar-refractivity contribution >= 4 is 17.6 Å². The van der Waals surface area contributed by atoms with Crippen LogP contribution < -0.4 is 15.4 Å². The number of carbonyl (C=O) groups excluding carboxylic acids is 2. The van der Waals surface area contributed by atoms with Gasteiger partial charge in [-0.3, -0.25) is 4.79 Å². The van der Waals surface area contributed by atoms with Gasteiger partial charge in [-0.2, -0.15) is 0 Å². The van der Waals surface area contributed by atoms with Gasteiger partial charge in [0.1, 0.15) is 5.75 Å². The molecule has 25 heavy (non-hydrogen) atoms. The van der Waals surface area contributed by atoms with Gasteiger partial charge in [-0.1, -0.05) is 13.3 Å². The Morgan fingerprint density at radius 3 is 2.56 bits per heavy atom. The van der Waals surface area contributed by atoms with Crippen LogP contribution in [0.2, 0.25) is 0 Å². The van der Waals surface area contributed by atoms with E-state index < -0.39 is 0 Å². The summed E-state index contributed by atoms with van der Waals surface area (Å²) < 4.78 is 5.33. The number of anilines is 1. The van der Waals surface area contributed by atoms with E-state index in [1.54, 1.807) is 25.3 Å². The van der Waals surface area contributed by atoms with Crippen molar-refractivity contribution in [3.05, 3.63) is 23.8 Å². The predicted molar refractivity (Wildman–Crippen MR) is 97.1 cm³/mol. The summed E-state index contributed by atoms with van der Waals surface area (Å²) in [5, 5.41) is 5.88. The molecule has 0 bridgehead atoms.